The van der Waals surface area contributed by atoms with Gasteiger partial charge in [0.2, 0.25) is 0 Å². The Morgan fingerprint density at radius 3 is 2.44 bits per heavy atom. The third-order valence-electron chi connectivity index (χ3n) is 3.30. The highest BCUT2D eigenvalue weighted by Gasteiger charge is 2.20. The molecule has 1 fully saturated rings. The molecule has 104 valence electrons. The fourth-order valence-corrected chi connectivity index (χ4v) is 2.22. The number of carboxylic acid groups (broad SMARTS) is 1. The minimum absolute atomic E-state index is 0.0200. The van der Waals surface area contributed by atoms with Crippen LogP contribution in [0.5, 0.6) is 0 Å². The molecular formula is C12H22N2O4. The zero-order valence-corrected chi connectivity index (χ0v) is 10.5. The third kappa shape index (κ3) is 5.35. The molecule has 0 aromatic rings. The van der Waals surface area contributed by atoms with Crippen LogP contribution < -0.4 is 10.6 Å². The molecule has 18 heavy (non-hydrogen) atoms. The van der Waals surface area contributed by atoms with Gasteiger partial charge in [-0.1, -0.05) is 19.3 Å². The smallest absolute Gasteiger partial charge is 0.326 e. The van der Waals surface area contributed by atoms with Crippen LogP contribution in [0.4, 0.5) is 4.79 Å². The van der Waals surface area contributed by atoms with Crippen molar-refractivity contribution < 1.29 is 19.8 Å². The molecule has 1 aliphatic rings. The van der Waals surface area contributed by atoms with Crippen molar-refractivity contribution in [1.29, 1.82) is 0 Å². The van der Waals surface area contributed by atoms with E-state index in [4.69, 9.17) is 10.2 Å². The number of aliphatic carboxylic acids is 1. The van der Waals surface area contributed by atoms with Gasteiger partial charge in [0, 0.05) is 19.6 Å². The van der Waals surface area contributed by atoms with Crippen molar-refractivity contribution in [2.45, 2.75) is 44.6 Å². The number of rotatable bonds is 6. The lowest BCUT2D eigenvalue weighted by Crippen LogP contribution is -2.47. The standard InChI is InChI=1S/C12H22N2O4/c15-7-6-10(11(16)17)14-12(18)13-8-9-4-2-1-3-5-9/h9-10,15H,1-8H2,(H,16,17)(H2,13,14,18). The van der Waals surface area contributed by atoms with E-state index < -0.39 is 18.0 Å². The first kappa shape index (κ1) is 14.8. The van der Waals surface area contributed by atoms with Crippen LogP contribution in [0.2, 0.25) is 0 Å². The van der Waals surface area contributed by atoms with E-state index in [1.165, 1.54) is 19.3 Å². The molecular weight excluding hydrogens is 236 g/mol. The van der Waals surface area contributed by atoms with Gasteiger partial charge in [0.25, 0.3) is 0 Å². The molecule has 0 spiro atoms. The number of nitrogens with one attached hydrogen (secondary N) is 2. The van der Waals surface area contributed by atoms with E-state index in [0.29, 0.717) is 12.5 Å². The minimum Gasteiger partial charge on any atom is -0.480 e. The number of carboxylic acids is 1. The van der Waals surface area contributed by atoms with Crippen LogP contribution in [-0.4, -0.2) is 41.4 Å². The van der Waals surface area contributed by atoms with Crippen molar-refractivity contribution >= 4 is 12.0 Å². The maximum Gasteiger partial charge on any atom is 0.326 e. The number of hydrogen-bond acceptors (Lipinski definition) is 3. The summed E-state index contributed by atoms with van der Waals surface area (Å²) in [6.45, 7) is 0.331. The second-order valence-electron chi connectivity index (χ2n) is 4.76. The lowest BCUT2D eigenvalue weighted by atomic mass is 9.89. The fraction of sp³-hybridized carbons (Fsp3) is 0.833. The van der Waals surface area contributed by atoms with Crippen LogP contribution >= 0.6 is 0 Å². The molecule has 1 unspecified atom stereocenters. The minimum atomic E-state index is -1.13. The van der Waals surface area contributed by atoms with Crippen LogP contribution in [0.15, 0.2) is 0 Å². The molecule has 1 rings (SSSR count). The van der Waals surface area contributed by atoms with Gasteiger partial charge in [0.1, 0.15) is 6.04 Å². The molecule has 0 heterocycles. The summed E-state index contributed by atoms with van der Waals surface area (Å²) in [5.74, 6) is -0.623. The van der Waals surface area contributed by atoms with Crippen molar-refractivity contribution in [3.05, 3.63) is 0 Å². The van der Waals surface area contributed by atoms with E-state index >= 15 is 0 Å². The highest BCUT2D eigenvalue weighted by molar-refractivity contribution is 5.82. The Hall–Kier alpha value is -1.30. The van der Waals surface area contributed by atoms with Crippen LogP contribution in [-0.2, 0) is 4.79 Å². The van der Waals surface area contributed by atoms with Crippen molar-refractivity contribution in [2.75, 3.05) is 13.2 Å². The summed E-state index contributed by atoms with van der Waals surface area (Å²) in [4.78, 5) is 22.3. The van der Waals surface area contributed by atoms with E-state index in [0.717, 1.165) is 12.8 Å². The third-order valence-corrected chi connectivity index (χ3v) is 3.30. The van der Waals surface area contributed by atoms with E-state index in [2.05, 4.69) is 10.6 Å². The van der Waals surface area contributed by atoms with E-state index in [1.54, 1.807) is 0 Å². The number of aliphatic hydroxyl groups excluding tert-OH is 1. The molecule has 1 atom stereocenters. The number of aliphatic hydroxyl groups is 1. The first-order valence-electron chi connectivity index (χ1n) is 6.51. The quantitative estimate of drug-likeness (QED) is 0.563. The van der Waals surface area contributed by atoms with Crippen molar-refractivity contribution in [3.8, 4) is 0 Å². The first-order chi connectivity index (χ1) is 8.63. The predicted octanol–water partition coefficient (Wildman–Crippen LogP) is 0.701. The topological polar surface area (TPSA) is 98.7 Å². The van der Waals surface area contributed by atoms with Crippen molar-refractivity contribution in [3.63, 3.8) is 0 Å². The first-order valence-corrected chi connectivity index (χ1v) is 6.51. The summed E-state index contributed by atoms with van der Waals surface area (Å²) < 4.78 is 0. The van der Waals surface area contributed by atoms with Gasteiger partial charge < -0.3 is 20.8 Å². The monoisotopic (exact) mass is 258 g/mol. The molecule has 0 radical (unpaired) electrons. The lowest BCUT2D eigenvalue weighted by molar-refractivity contribution is -0.139. The Morgan fingerprint density at radius 1 is 1.22 bits per heavy atom. The fourth-order valence-electron chi connectivity index (χ4n) is 2.22. The number of hydrogen-bond donors (Lipinski definition) is 4. The number of amides is 2. The van der Waals surface area contributed by atoms with Gasteiger partial charge in [-0.2, -0.15) is 0 Å². The van der Waals surface area contributed by atoms with E-state index in [1.807, 2.05) is 0 Å². The average Bonchev–Trinajstić information content (AvgIpc) is 2.37. The molecule has 0 bridgehead atoms. The summed E-state index contributed by atoms with van der Waals surface area (Å²) in [6.07, 6.45) is 5.94. The highest BCUT2D eigenvalue weighted by Crippen LogP contribution is 2.22. The predicted molar refractivity (Wildman–Crippen MR) is 66.2 cm³/mol. The van der Waals surface area contributed by atoms with E-state index in [-0.39, 0.29) is 13.0 Å². The largest absolute Gasteiger partial charge is 0.480 e. The van der Waals surface area contributed by atoms with Crippen LogP contribution in [0.1, 0.15) is 38.5 Å². The van der Waals surface area contributed by atoms with Crippen molar-refractivity contribution in [1.82, 2.24) is 10.6 Å². The molecule has 4 N–H and O–H groups in total. The average molecular weight is 258 g/mol. The Morgan fingerprint density at radius 2 is 1.89 bits per heavy atom. The normalized spacial score (nSPS) is 18.1. The second-order valence-corrected chi connectivity index (χ2v) is 4.76. The zero-order valence-electron chi connectivity index (χ0n) is 10.5. The summed E-state index contributed by atoms with van der Waals surface area (Å²) >= 11 is 0. The lowest BCUT2D eigenvalue weighted by Gasteiger charge is -2.22. The van der Waals surface area contributed by atoms with Gasteiger partial charge in [-0.05, 0) is 18.8 Å². The molecule has 0 aliphatic heterocycles. The summed E-state index contributed by atoms with van der Waals surface area (Å²) in [5.41, 5.74) is 0. The SMILES string of the molecule is O=C(NCC1CCCCC1)NC(CCO)C(=O)O. The summed E-state index contributed by atoms with van der Waals surface area (Å²) in [5, 5.41) is 22.6. The van der Waals surface area contributed by atoms with Crippen LogP contribution in [0.3, 0.4) is 0 Å². The zero-order chi connectivity index (χ0) is 13.4. The molecule has 6 nitrogen and oxygen atoms in total. The van der Waals surface area contributed by atoms with Gasteiger partial charge in [-0.15, -0.1) is 0 Å². The molecule has 1 saturated carbocycles. The number of carbonyl (C=O) groups is 2. The maximum atomic E-state index is 11.5. The molecule has 2 amide bonds. The Bertz CT molecular complexity index is 277. The van der Waals surface area contributed by atoms with Crippen LogP contribution in [0.25, 0.3) is 0 Å². The van der Waals surface area contributed by atoms with Gasteiger partial charge in [-0.25, -0.2) is 9.59 Å². The van der Waals surface area contributed by atoms with Gasteiger partial charge in [0.15, 0.2) is 0 Å². The molecule has 1 aliphatic carbocycles. The van der Waals surface area contributed by atoms with Gasteiger partial charge in [0.05, 0.1) is 0 Å². The second kappa shape index (κ2) is 7.92. The molecule has 0 aromatic carbocycles. The summed E-state index contributed by atoms with van der Waals surface area (Å²) in [6, 6.07) is -1.50. The van der Waals surface area contributed by atoms with E-state index in [9.17, 15) is 9.59 Å². The van der Waals surface area contributed by atoms with Gasteiger partial charge in [-0.3, -0.25) is 0 Å². The molecule has 0 aromatic heterocycles. The van der Waals surface area contributed by atoms with Gasteiger partial charge >= 0.3 is 12.0 Å². The molecule has 6 heteroatoms. The number of carbonyl (C=O) groups excluding carboxylic acids is 1. The van der Waals surface area contributed by atoms with Crippen LogP contribution in [0, 0.1) is 5.92 Å². The highest BCUT2D eigenvalue weighted by atomic mass is 16.4. The Balaban J connectivity index is 2.24. The maximum absolute atomic E-state index is 11.5. The number of urea groups is 1. The Kier molecular flexibility index (Phi) is 6.49. The summed E-state index contributed by atoms with van der Waals surface area (Å²) in [7, 11) is 0. The van der Waals surface area contributed by atoms with Crippen molar-refractivity contribution in [2.24, 2.45) is 5.92 Å². The Labute approximate surface area is 107 Å². The molecule has 0 saturated heterocycles.